The van der Waals surface area contributed by atoms with Gasteiger partial charge >= 0.3 is 0 Å². The number of hydrogen-bond acceptors (Lipinski definition) is 2. The number of carbonyl (C=O) groups excluding carboxylic acids is 1. The molecule has 0 bridgehead atoms. The number of nitrogens with zero attached hydrogens (tertiary/aromatic N) is 1. The van der Waals surface area contributed by atoms with Crippen LogP contribution in [0.15, 0.2) is 29.4 Å². The Kier molecular flexibility index (Phi) is 4.37. The number of rotatable bonds is 4. The van der Waals surface area contributed by atoms with Gasteiger partial charge in [0.2, 0.25) is 5.91 Å². The predicted molar refractivity (Wildman–Crippen MR) is 85.3 cm³/mol. The molecule has 1 aromatic rings. The van der Waals surface area contributed by atoms with Crippen LogP contribution in [0, 0.1) is 5.92 Å². The standard InChI is InChI=1S/C18H24N2O/c1-13(19-20-18(21)17-11-12-17)14-7-9-16(10-8-14)15-5-3-2-4-6-15/h7-10,15,17H,2-6,11-12H2,1H3,(H,20,21)/b19-13+. The molecule has 0 saturated heterocycles. The second-order valence-corrected chi connectivity index (χ2v) is 6.40. The molecule has 112 valence electrons. The maximum atomic E-state index is 11.6. The van der Waals surface area contributed by atoms with Crippen molar-refractivity contribution in [3.63, 3.8) is 0 Å². The minimum absolute atomic E-state index is 0.0631. The summed E-state index contributed by atoms with van der Waals surface area (Å²) >= 11 is 0. The smallest absolute Gasteiger partial charge is 0.243 e. The van der Waals surface area contributed by atoms with Crippen molar-refractivity contribution in [2.45, 2.75) is 57.8 Å². The summed E-state index contributed by atoms with van der Waals surface area (Å²) in [5, 5.41) is 4.21. The van der Waals surface area contributed by atoms with Crippen LogP contribution in [-0.4, -0.2) is 11.6 Å². The minimum Gasteiger partial charge on any atom is -0.273 e. The van der Waals surface area contributed by atoms with Crippen LogP contribution < -0.4 is 5.43 Å². The molecule has 2 fully saturated rings. The Labute approximate surface area is 126 Å². The molecule has 2 saturated carbocycles. The Hall–Kier alpha value is -1.64. The summed E-state index contributed by atoms with van der Waals surface area (Å²) in [4.78, 5) is 11.6. The van der Waals surface area contributed by atoms with E-state index in [1.165, 1.54) is 37.7 Å². The highest BCUT2D eigenvalue weighted by molar-refractivity contribution is 5.99. The Morgan fingerprint density at radius 1 is 1.05 bits per heavy atom. The van der Waals surface area contributed by atoms with Gasteiger partial charge in [-0.15, -0.1) is 0 Å². The quantitative estimate of drug-likeness (QED) is 0.659. The first-order valence-corrected chi connectivity index (χ1v) is 8.18. The summed E-state index contributed by atoms with van der Waals surface area (Å²) in [5.41, 5.74) is 6.08. The van der Waals surface area contributed by atoms with Gasteiger partial charge < -0.3 is 0 Å². The molecule has 3 heteroatoms. The molecule has 1 aromatic carbocycles. The van der Waals surface area contributed by atoms with Gasteiger partial charge in [0, 0.05) is 5.92 Å². The molecule has 0 spiro atoms. The van der Waals surface area contributed by atoms with E-state index in [9.17, 15) is 4.79 Å². The first-order valence-electron chi connectivity index (χ1n) is 8.18. The van der Waals surface area contributed by atoms with E-state index < -0.39 is 0 Å². The van der Waals surface area contributed by atoms with Crippen LogP contribution in [0.4, 0.5) is 0 Å². The second-order valence-electron chi connectivity index (χ2n) is 6.40. The molecule has 0 radical (unpaired) electrons. The van der Waals surface area contributed by atoms with Gasteiger partial charge in [-0.3, -0.25) is 4.79 Å². The first-order chi connectivity index (χ1) is 10.2. The fourth-order valence-electron chi connectivity index (χ4n) is 3.07. The van der Waals surface area contributed by atoms with Crippen molar-refractivity contribution in [1.82, 2.24) is 5.43 Å². The number of amides is 1. The van der Waals surface area contributed by atoms with Crippen molar-refractivity contribution in [3.05, 3.63) is 35.4 Å². The molecule has 21 heavy (non-hydrogen) atoms. The van der Waals surface area contributed by atoms with Crippen molar-refractivity contribution in [2.24, 2.45) is 11.0 Å². The summed E-state index contributed by atoms with van der Waals surface area (Å²) in [6.07, 6.45) is 8.78. The van der Waals surface area contributed by atoms with E-state index >= 15 is 0 Å². The molecule has 0 aromatic heterocycles. The predicted octanol–water partition coefficient (Wildman–Crippen LogP) is 3.98. The van der Waals surface area contributed by atoms with Gasteiger partial charge in [-0.25, -0.2) is 5.43 Å². The maximum Gasteiger partial charge on any atom is 0.243 e. The van der Waals surface area contributed by atoms with Gasteiger partial charge in [-0.1, -0.05) is 43.5 Å². The highest BCUT2D eigenvalue weighted by Gasteiger charge is 2.29. The van der Waals surface area contributed by atoms with E-state index in [0.29, 0.717) is 0 Å². The van der Waals surface area contributed by atoms with E-state index in [2.05, 4.69) is 34.8 Å². The molecule has 2 aliphatic carbocycles. The largest absolute Gasteiger partial charge is 0.273 e. The third-order valence-electron chi connectivity index (χ3n) is 4.69. The van der Waals surface area contributed by atoms with Crippen LogP contribution in [0.5, 0.6) is 0 Å². The third-order valence-corrected chi connectivity index (χ3v) is 4.69. The first kappa shape index (κ1) is 14.3. The van der Waals surface area contributed by atoms with Gasteiger partial charge in [-0.2, -0.15) is 5.10 Å². The van der Waals surface area contributed by atoms with Crippen LogP contribution >= 0.6 is 0 Å². The van der Waals surface area contributed by atoms with Crippen LogP contribution in [-0.2, 0) is 4.79 Å². The van der Waals surface area contributed by atoms with Crippen molar-refractivity contribution in [3.8, 4) is 0 Å². The maximum absolute atomic E-state index is 11.6. The zero-order valence-electron chi connectivity index (χ0n) is 12.8. The van der Waals surface area contributed by atoms with Crippen LogP contribution in [0.2, 0.25) is 0 Å². The summed E-state index contributed by atoms with van der Waals surface area (Å²) in [5.74, 6) is 1.00. The lowest BCUT2D eigenvalue weighted by atomic mass is 9.84. The Morgan fingerprint density at radius 3 is 2.33 bits per heavy atom. The normalized spacial score (nSPS) is 20.3. The zero-order chi connectivity index (χ0) is 14.7. The number of benzene rings is 1. The van der Waals surface area contributed by atoms with E-state index in [1.807, 2.05) is 6.92 Å². The van der Waals surface area contributed by atoms with Crippen LogP contribution in [0.25, 0.3) is 0 Å². The number of hydrazone groups is 1. The fourth-order valence-corrected chi connectivity index (χ4v) is 3.07. The average molecular weight is 284 g/mol. The Balaban J connectivity index is 1.62. The SMILES string of the molecule is C/C(=N\NC(=O)C1CC1)c1ccc(C2CCCCC2)cc1. The lowest BCUT2D eigenvalue weighted by Gasteiger charge is -2.22. The molecule has 0 heterocycles. The average Bonchev–Trinajstić information content (AvgIpc) is 3.38. The lowest BCUT2D eigenvalue weighted by Crippen LogP contribution is -2.20. The summed E-state index contributed by atoms with van der Waals surface area (Å²) in [6, 6.07) is 8.72. The van der Waals surface area contributed by atoms with Gasteiger partial charge in [-0.05, 0) is 49.7 Å². The van der Waals surface area contributed by atoms with E-state index in [0.717, 1.165) is 30.0 Å². The molecule has 2 aliphatic rings. The van der Waals surface area contributed by atoms with Crippen molar-refractivity contribution in [1.29, 1.82) is 0 Å². The summed E-state index contributed by atoms with van der Waals surface area (Å²) < 4.78 is 0. The second kappa shape index (κ2) is 6.42. The zero-order valence-corrected chi connectivity index (χ0v) is 12.8. The van der Waals surface area contributed by atoms with E-state index in [1.54, 1.807) is 0 Å². The lowest BCUT2D eigenvalue weighted by molar-refractivity contribution is -0.122. The Bertz CT molecular complexity index is 523. The molecule has 1 amide bonds. The third kappa shape index (κ3) is 3.72. The number of carbonyl (C=O) groups is 1. The van der Waals surface area contributed by atoms with Crippen molar-refractivity contribution in [2.75, 3.05) is 0 Å². The van der Waals surface area contributed by atoms with Crippen molar-refractivity contribution < 1.29 is 4.79 Å². The molecule has 0 unspecified atom stereocenters. The van der Waals surface area contributed by atoms with Gasteiger partial charge in [0.05, 0.1) is 5.71 Å². The van der Waals surface area contributed by atoms with Gasteiger partial charge in [0.25, 0.3) is 0 Å². The van der Waals surface area contributed by atoms with E-state index in [-0.39, 0.29) is 11.8 Å². The van der Waals surface area contributed by atoms with Gasteiger partial charge in [0.15, 0.2) is 0 Å². The molecule has 1 N–H and O–H groups in total. The summed E-state index contributed by atoms with van der Waals surface area (Å²) in [6.45, 7) is 1.95. The van der Waals surface area contributed by atoms with Crippen molar-refractivity contribution >= 4 is 11.6 Å². The fraction of sp³-hybridized carbons (Fsp3) is 0.556. The number of hydrogen-bond donors (Lipinski definition) is 1. The van der Waals surface area contributed by atoms with Crippen LogP contribution in [0.3, 0.4) is 0 Å². The topological polar surface area (TPSA) is 41.5 Å². The minimum atomic E-state index is 0.0631. The molecule has 0 aliphatic heterocycles. The molecular formula is C18H24N2O. The van der Waals surface area contributed by atoms with Gasteiger partial charge in [0.1, 0.15) is 0 Å². The monoisotopic (exact) mass is 284 g/mol. The number of nitrogens with one attached hydrogen (secondary N) is 1. The highest BCUT2D eigenvalue weighted by atomic mass is 16.2. The molecule has 3 rings (SSSR count). The van der Waals surface area contributed by atoms with E-state index in [4.69, 9.17) is 0 Å². The summed E-state index contributed by atoms with van der Waals surface area (Å²) in [7, 11) is 0. The molecule has 0 atom stereocenters. The molecular weight excluding hydrogens is 260 g/mol. The molecule has 3 nitrogen and oxygen atoms in total. The highest BCUT2D eigenvalue weighted by Crippen LogP contribution is 2.32. The Morgan fingerprint density at radius 2 is 1.71 bits per heavy atom. The van der Waals surface area contributed by atoms with Crippen LogP contribution in [0.1, 0.15) is 68.9 Å².